The van der Waals surface area contributed by atoms with E-state index in [1.165, 1.54) is 0 Å². The highest BCUT2D eigenvalue weighted by molar-refractivity contribution is 5.80. The van der Waals surface area contributed by atoms with Crippen LogP contribution in [0.25, 0.3) is 0 Å². The maximum absolute atomic E-state index is 5.87. The second kappa shape index (κ2) is 7.43. The van der Waals surface area contributed by atoms with E-state index in [1.807, 2.05) is 26.4 Å². The van der Waals surface area contributed by atoms with Gasteiger partial charge in [-0.05, 0) is 6.92 Å². The maximum Gasteiger partial charge on any atom is 0.228 e. The van der Waals surface area contributed by atoms with Gasteiger partial charge >= 0.3 is 0 Å². The van der Waals surface area contributed by atoms with E-state index in [0.717, 1.165) is 24.6 Å². The van der Waals surface area contributed by atoms with Gasteiger partial charge in [-0.25, -0.2) is 0 Å². The van der Waals surface area contributed by atoms with Gasteiger partial charge in [0, 0.05) is 45.4 Å². The second-order valence-corrected chi connectivity index (χ2v) is 5.71. The molecule has 3 heterocycles. The molecule has 1 aliphatic heterocycles. The van der Waals surface area contributed by atoms with Crippen molar-refractivity contribution in [2.45, 2.75) is 19.4 Å². The minimum absolute atomic E-state index is 0.00425. The molecule has 0 bridgehead atoms. The Balaban J connectivity index is 1.54. The van der Waals surface area contributed by atoms with Gasteiger partial charge in [0.2, 0.25) is 5.89 Å². The lowest BCUT2D eigenvalue weighted by molar-refractivity contribution is -0.00801. The Kier molecular flexibility index (Phi) is 5.09. The Labute approximate surface area is 140 Å². The summed E-state index contributed by atoms with van der Waals surface area (Å²) in [5.74, 6) is 2.14. The first kappa shape index (κ1) is 16.4. The molecular formula is C15H23N7O2. The molecule has 2 aromatic rings. The lowest BCUT2D eigenvalue weighted by Crippen LogP contribution is -2.48. The van der Waals surface area contributed by atoms with Crippen molar-refractivity contribution in [2.75, 3.05) is 33.3 Å². The van der Waals surface area contributed by atoms with Gasteiger partial charge in [-0.15, -0.1) is 0 Å². The number of nitrogens with one attached hydrogen (secondary N) is 1. The number of hydrogen-bond donors (Lipinski definition) is 1. The molecule has 0 aliphatic carbocycles. The van der Waals surface area contributed by atoms with Crippen molar-refractivity contribution in [1.82, 2.24) is 30.1 Å². The van der Waals surface area contributed by atoms with Gasteiger partial charge in [0.25, 0.3) is 0 Å². The van der Waals surface area contributed by atoms with Crippen LogP contribution in [0.5, 0.6) is 0 Å². The van der Waals surface area contributed by atoms with E-state index in [2.05, 4.69) is 30.4 Å². The normalized spacial score (nSPS) is 18.9. The molecule has 0 saturated carbocycles. The summed E-state index contributed by atoms with van der Waals surface area (Å²) in [6.07, 6.45) is 4.51. The third-order valence-corrected chi connectivity index (χ3v) is 3.87. The quantitative estimate of drug-likeness (QED) is 0.635. The SMILES string of the molecule is CN=C(NCCc1nc(C)no1)N1CCOC(c2cnn(C)c2)C1. The van der Waals surface area contributed by atoms with Gasteiger partial charge in [-0.1, -0.05) is 5.16 Å². The largest absolute Gasteiger partial charge is 0.370 e. The first-order valence-corrected chi connectivity index (χ1v) is 8.00. The number of morpholine rings is 1. The molecule has 1 N–H and O–H groups in total. The van der Waals surface area contributed by atoms with E-state index in [-0.39, 0.29) is 6.10 Å². The molecule has 24 heavy (non-hydrogen) atoms. The van der Waals surface area contributed by atoms with Gasteiger partial charge in [0.15, 0.2) is 11.8 Å². The molecule has 0 aromatic carbocycles. The topological polar surface area (TPSA) is 93.6 Å². The predicted octanol–water partition coefficient (Wildman–Crippen LogP) is 0.303. The predicted molar refractivity (Wildman–Crippen MR) is 87.6 cm³/mol. The van der Waals surface area contributed by atoms with Crippen molar-refractivity contribution in [2.24, 2.45) is 12.0 Å². The number of hydrogen-bond acceptors (Lipinski definition) is 6. The number of nitrogens with zero attached hydrogens (tertiary/aromatic N) is 6. The molecule has 1 unspecified atom stereocenters. The second-order valence-electron chi connectivity index (χ2n) is 5.71. The molecule has 1 aliphatic rings. The zero-order chi connectivity index (χ0) is 16.9. The van der Waals surface area contributed by atoms with E-state index in [4.69, 9.17) is 9.26 Å². The van der Waals surface area contributed by atoms with Gasteiger partial charge in [-0.2, -0.15) is 10.1 Å². The first-order chi connectivity index (χ1) is 11.7. The average Bonchev–Trinajstić information content (AvgIpc) is 3.20. The summed E-state index contributed by atoms with van der Waals surface area (Å²) < 4.78 is 12.8. The number of rotatable bonds is 4. The van der Waals surface area contributed by atoms with Crippen LogP contribution in [0.2, 0.25) is 0 Å². The van der Waals surface area contributed by atoms with Crippen LogP contribution in [0, 0.1) is 6.92 Å². The summed E-state index contributed by atoms with van der Waals surface area (Å²) in [7, 11) is 3.69. The number of guanidine groups is 1. The van der Waals surface area contributed by atoms with Gasteiger partial charge < -0.3 is 19.5 Å². The maximum atomic E-state index is 5.87. The Morgan fingerprint density at radius 3 is 3.04 bits per heavy atom. The highest BCUT2D eigenvalue weighted by Gasteiger charge is 2.25. The van der Waals surface area contributed by atoms with Crippen molar-refractivity contribution < 1.29 is 9.26 Å². The molecule has 130 valence electrons. The lowest BCUT2D eigenvalue weighted by Gasteiger charge is -2.34. The summed E-state index contributed by atoms with van der Waals surface area (Å²) in [4.78, 5) is 10.8. The van der Waals surface area contributed by atoms with Crippen LogP contribution in [0.4, 0.5) is 0 Å². The molecule has 1 saturated heterocycles. The van der Waals surface area contributed by atoms with Crippen LogP contribution in [0.1, 0.15) is 23.4 Å². The molecule has 9 heteroatoms. The zero-order valence-electron chi connectivity index (χ0n) is 14.3. The lowest BCUT2D eigenvalue weighted by atomic mass is 10.1. The van der Waals surface area contributed by atoms with E-state index in [9.17, 15) is 0 Å². The van der Waals surface area contributed by atoms with Crippen molar-refractivity contribution in [3.05, 3.63) is 29.7 Å². The molecule has 3 rings (SSSR count). The molecule has 0 radical (unpaired) electrons. The average molecular weight is 333 g/mol. The van der Waals surface area contributed by atoms with Gasteiger partial charge in [0.05, 0.1) is 19.3 Å². The van der Waals surface area contributed by atoms with Crippen LogP contribution >= 0.6 is 0 Å². The van der Waals surface area contributed by atoms with Gasteiger partial charge in [-0.3, -0.25) is 9.67 Å². The monoisotopic (exact) mass is 333 g/mol. The van der Waals surface area contributed by atoms with Crippen molar-refractivity contribution in [1.29, 1.82) is 0 Å². The number of aromatic nitrogens is 4. The van der Waals surface area contributed by atoms with E-state index < -0.39 is 0 Å². The minimum atomic E-state index is 0.00425. The van der Waals surface area contributed by atoms with Crippen molar-refractivity contribution in [3.63, 3.8) is 0 Å². The summed E-state index contributed by atoms with van der Waals surface area (Å²) in [6, 6.07) is 0. The smallest absolute Gasteiger partial charge is 0.228 e. The van der Waals surface area contributed by atoms with Crippen LogP contribution in [-0.4, -0.2) is 64.1 Å². The summed E-state index contributed by atoms with van der Waals surface area (Å²) >= 11 is 0. The molecule has 0 spiro atoms. The fourth-order valence-electron chi connectivity index (χ4n) is 2.70. The Morgan fingerprint density at radius 2 is 2.38 bits per heavy atom. The van der Waals surface area contributed by atoms with Crippen LogP contribution in [0.15, 0.2) is 21.9 Å². The van der Waals surface area contributed by atoms with Crippen LogP contribution in [0.3, 0.4) is 0 Å². The van der Waals surface area contributed by atoms with E-state index >= 15 is 0 Å². The van der Waals surface area contributed by atoms with E-state index in [1.54, 1.807) is 11.7 Å². The Morgan fingerprint density at radius 1 is 1.50 bits per heavy atom. The highest BCUT2D eigenvalue weighted by Crippen LogP contribution is 2.21. The fourth-order valence-corrected chi connectivity index (χ4v) is 2.70. The standard InChI is InChI=1S/C15H23N7O2/c1-11-19-14(24-20-11)4-5-17-15(16-2)22-6-7-23-13(10-22)12-8-18-21(3)9-12/h8-9,13H,4-7,10H2,1-3H3,(H,16,17). The third kappa shape index (κ3) is 3.91. The summed E-state index contributed by atoms with van der Waals surface area (Å²) in [6.45, 7) is 4.69. The first-order valence-electron chi connectivity index (χ1n) is 8.00. The molecule has 9 nitrogen and oxygen atoms in total. The minimum Gasteiger partial charge on any atom is -0.370 e. The summed E-state index contributed by atoms with van der Waals surface area (Å²) in [5, 5.41) is 11.4. The zero-order valence-corrected chi connectivity index (χ0v) is 14.3. The third-order valence-electron chi connectivity index (χ3n) is 3.87. The molecule has 2 aromatic heterocycles. The number of aryl methyl sites for hydroxylation is 2. The number of ether oxygens (including phenoxy) is 1. The van der Waals surface area contributed by atoms with E-state index in [0.29, 0.717) is 31.3 Å². The Hall–Kier alpha value is -2.42. The highest BCUT2D eigenvalue weighted by atomic mass is 16.5. The van der Waals surface area contributed by atoms with Gasteiger partial charge in [0.1, 0.15) is 6.10 Å². The molecular weight excluding hydrogens is 310 g/mol. The fraction of sp³-hybridized carbons (Fsp3) is 0.600. The van der Waals surface area contributed by atoms with Crippen LogP contribution < -0.4 is 5.32 Å². The molecule has 0 amide bonds. The molecule has 1 fully saturated rings. The summed E-state index contributed by atoms with van der Waals surface area (Å²) in [5.41, 5.74) is 1.08. The van der Waals surface area contributed by atoms with Crippen LogP contribution in [-0.2, 0) is 18.2 Å². The Bertz CT molecular complexity index is 694. The van der Waals surface area contributed by atoms with Crippen molar-refractivity contribution >= 4 is 5.96 Å². The molecule has 1 atom stereocenters. The van der Waals surface area contributed by atoms with Crippen molar-refractivity contribution in [3.8, 4) is 0 Å². The number of aliphatic imine (C=N–C) groups is 1.